The van der Waals surface area contributed by atoms with Crippen LogP contribution < -0.4 is 0 Å². The van der Waals surface area contributed by atoms with E-state index in [1.54, 1.807) is 11.1 Å². The summed E-state index contributed by atoms with van der Waals surface area (Å²) >= 11 is 0. The van der Waals surface area contributed by atoms with E-state index in [1.165, 1.54) is 35.1 Å². The maximum absolute atomic E-state index is 3.90. The summed E-state index contributed by atoms with van der Waals surface area (Å²) in [6.07, 6.45) is 6.65. The van der Waals surface area contributed by atoms with E-state index in [0.717, 1.165) is 19.4 Å². The average molecular weight is 278 g/mol. The first-order valence-corrected chi connectivity index (χ1v) is 7.95. The predicted octanol–water partition coefficient (Wildman–Crippen LogP) is 4.71. The molecule has 1 atom stereocenters. The molecule has 1 unspecified atom stereocenters. The Bertz CT molecular complexity index is 735. The van der Waals surface area contributed by atoms with Crippen LogP contribution in [0.5, 0.6) is 0 Å². The molecule has 2 aliphatic heterocycles. The highest BCUT2D eigenvalue weighted by Crippen LogP contribution is 2.43. The highest BCUT2D eigenvalue weighted by atomic mass is 15.2. The van der Waals surface area contributed by atoms with Crippen molar-refractivity contribution in [2.45, 2.75) is 38.6 Å². The Hall–Kier alpha value is -1.96. The van der Waals surface area contributed by atoms with Gasteiger partial charge in [-0.3, -0.25) is 0 Å². The number of rotatable bonds is 2. The largest absolute Gasteiger partial charge is 0.366 e. The number of nitrogens with one attached hydrogen (secondary N) is 1. The number of hydrogen-bond donors (Lipinski definition) is 1. The zero-order chi connectivity index (χ0) is 14.4. The van der Waals surface area contributed by atoms with E-state index < -0.39 is 0 Å². The molecule has 1 aromatic heterocycles. The van der Waals surface area contributed by atoms with Crippen LogP contribution in [-0.2, 0) is 6.42 Å². The van der Waals surface area contributed by atoms with Gasteiger partial charge in [0.1, 0.15) is 0 Å². The van der Waals surface area contributed by atoms with Crippen LogP contribution >= 0.6 is 0 Å². The Balaban J connectivity index is 1.79. The summed E-state index contributed by atoms with van der Waals surface area (Å²) in [6.45, 7) is 7.33. The highest BCUT2D eigenvalue weighted by Gasteiger charge is 2.33. The van der Waals surface area contributed by atoms with E-state index in [0.29, 0.717) is 6.04 Å². The fourth-order valence-electron chi connectivity index (χ4n) is 4.14. The number of allylic oxidation sites excluding steroid dienone is 3. The van der Waals surface area contributed by atoms with Crippen molar-refractivity contribution < 1.29 is 0 Å². The van der Waals surface area contributed by atoms with Gasteiger partial charge in [-0.05, 0) is 49.8 Å². The molecule has 4 rings (SSSR count). The van der Waals surface area contributed by atoms with Crippen LogP contribution in [0, 0.1) is 0 Å². The molecule has 2 aromatic rings. The maximum Gasteiger partial charge on any atom is 0.0694 e. The fourth-order valence-corrected chi connectivity index (χ4v) is 4.14. The standard InChI is InChI=1S/C19H22N2/c1-3-6-14-9-10-18-19-16(11-12-21(18)13(14)2)15-7-4-5-8-17(15)20-19/h3-5,7-8,18,20H,1,6,9-12H2,2H3. The lowest BCUT2D eigenvalue weighted by Gasteiger charge is -2.42. The van der Waals surface area contributed by atoms with Gasteiger partial charge < -0.3 is 9.88 Å². The topological polar surface area (TPSA) is 19.0 Å². The number of hydrogen-bond acceptors (Lipinski definition) is 1. The molecule has 1 aromatic carbocycles. The molecule has 108 valence electrons. The lowest BCUT2D eigenvalue weighted by Crippen LogP contribution is -2.37. The summed E-state index contributed by atoms with van der Waals surface area (Å²) < 4.78 is 0. The summed E-state index contributed by atoms with van der Waals surface area (Å²) in [5, 5.41) is 1.42. The van der Waals surface area contributed by atoms with Crippen LogP contribution in [0.1, 0.15) is 43.5 Å². The van der Waals surface area contributed by atoms with Crippen molar-refractivity contribution in [3.05, 3.63) is 59.4 Å². The van der Waals surface area contributed by atoms with Gasteiger partial charge in [-0.15, -0.1) is 6.58 Å². The highest BCUT2D eigenvalue weighted by molar-refractivity contribution is 5.85. The molecule has 0 saturated carbocycles. The quantitative estimate of drug-likeness (QED) is 0.788. The SMILES string of the molecule is C=CCC1=C(C)N2CCc3c([nH]c4ccccc34)C2CC1. The molecule has 0 spiro atoms. The summed E-state index contributed by atoms with van der Waals surface area (Å²) in [5.74, 6) is 0. The molecule has 0 amide bonds. The number of nitrogens with zero attached hydrogens (tertiary/aromatic N) is 1. The van der Waals surface area contributed by atoms with E-state index in [9.17, 15) is 0 Å². The smallest absolute Gasteiger partial charge is 0.0694 e. The minimum absolute atomic E-state index is 0.537. The van der Waals surface area contributed by atoms with Gasteiger partial charge in [0.25, 0.3) is 0 Å². The summed E-state index contributed by atoms with van der Waals surface area (Å²) in [6, 6.07) is 9.27. The second-order valence-corrected chi connectivity index (χ2v) is 6.24. The monoisotopic (exact) mass is 278 g/mol. The van der Waals surface area contributed by atoms with Crippen molar-refractivity contribution >= 4 is 10.9 Å². The Morgan fingerprint density at radius 2 is 2.19 bits per heavy atom. The van der Waals surface area contributed by atoms with Crippen molar-refractivity contribution in [2.75, 3.05) is 6.54 Å². The molecule has 0 fully saturated rings. The third-order valence-electron chi connectivity index (χ3n) is 5.21. The fraction of sp³-hybridized carbons (Fsp3) is 0.368. The van der Waals surface area contributed by atoms with Crippen molar-refractivity contribution in [3.63, 3.8) is 0 Å². The minimum Gasteiger partial charge on any atom is -0.366 e. The normalized spacial score (nSPS) is 21.4. The molecule has 0 radical (unpaired) electrons. The van der Waals surface area contributed by atoms with Crippen LogP contribution in [0.4, 0.5) is 0 Å². The van der Waals surface area contributed by atoms with Gasteiger partial charge in [-0.2, -0.15) is 0 Å². The van der Waals surface area contributed by atoms with Gasteiger partial charge in [0, 0.05) is 28.8 Å². The van der Waals surface area contributed by atoms with Gasteiger partial charge in [0.15, 0.2) is 0 Å². The van der Waals surface area contributed by atoms with Crippen LogP contribution in [0.3, 0.4) is 0 Å². The Kier molecular flexibility index (Phi) is 2.91. The third-order valence-corrected chi connectivity index (χ3v) is 5.21. The average Bonchev–Trinajstić information content (AvgIpc) is 2.89. The summed E-state index contributed by atoms with van der Waals surface area (Å²) in [4.78, 5) is 6.31. The second kappa shape index (κ2) is 4.80. The van der Waals surface area contributed by atoms with Crippen LogP contribution in [0.25, 0.3) is 10.9 Å². The van der Waals surface area contributed by atoms with E-state index >= 15 is 0 Å². The maximum atomic E-state index is 3.90. The summed E-state index contributed by atoms with van der Waals surface area (Å²) in [7, 11) is 0. The number of H-pyrrole nitrogens is 1. The molecular weight excluding hydrogens is 256 g/mol. The Morgan fingerprint density at radius 3 is 3.05 bits per heavy atom. The van der Waals surface area contributed by atoms with E-state index in [-0.39, 0.29) is 0 Å². The number of aromatic nitrogens is 1. The van der Waals surface area contributed by atoms with Gasteiger partial charge in [0.05, 0.1) is 6.04 Å². The van der Waals surface area contributed by atoms with Gasteiger partial charge in [-0.25, -0.2) is 0 Å². The zero-order valence-corrected chi connectivity index (χ0v) is 12.7. The molecule has 3 heterocycles. The minimum atomic E-state index is 0.537. The molecule has 0 saturated heterocycles. The predicted molar refractivity (Wildman–Crippen MR) is 88.2 cm³/mol. The van der Waals surface area contributed by atoms with E-state index in [1.807, 2.05) is 6.08 Å². The first-order valence-electron chi connectivity index (χ1n) is 7.95. The molecular formula is C19H22N2. The third kappa shape index (κ3) is 1.85. The summed E-state index contributed by atoms with van der Waals surface area (Å²) in [5.41, 5.74) is 7.35. The number of benzene rings is 1. The molecule has 21 heavy (non-hydrogen) atoms. The van der Waals surface area contributed by atoms with E-state index in [4.69, 9.17) is 0 Å². The molecule has 0 bridgehead atoms. The van der Waals surface area contributed by atoms with Gasteiger partial charge in [0.2, 0.25) is 0 Å². The first-order chi connectivity index (χ1) is 10.3. The zero-order valence-electron chi connectivity index (χ0n) is 12.7. The molecule has 2 nitrogen and oxygen atoms in total. The van der Waals surface area contributed by atoms with Gasteiger partial charge >= 0.3 is 0 Å². The Morgan fingerprint density at radius 1 is 1.33 bits per heavy atom. The van der Waals surface area contributed by atoms with Crippen LogP contribution in [-0.4, -0.2) is 16.4 Å². The van der Waals surface area contributed by atoms with Crippen molar-refractivity contribution in [1.82, 2.24) is 9.88 Å². The molecule has 2 heteroatoms. The van der Waals surface area contributed by atoms with E-state index in [2.05, 4.69) is 47.7 Å². The van der Waals surface area contributed by atoms with Crippen molar-refractivity contribution in [2.24, 2.45) is 0 Å². The molecule has 2 aliphatic rings. The van der Waals surface area contributed by atoms with Crippen LogP contribution in [0.2, 0.25) is 0 Å². The van der Waals surface area contributed by atoms with Crippen molar-refractivity contribution in [3.8, 4) is 0 Å². The molecule has 0 aliphatic carbocycles. The number of fused-ring (bicyclic) bond motifs is 5. The molecule has 1 N–H and O–H groups in total. The number of para-hydroxylation sites is 1. The lowest BCUT2D eigenvalue weighted by atomic mass is 9.87. The second-order valence-electron chi connectivity index (χ2n) is 6.24. The first kappa shape index (κ1) is 12.8. The van der Waals surface area contributed by atoms with Crippen LogP contribution in [0.15, 0.2) is 48.2 Å². The van der Waals surface area contributed by atoms with Crippen molar-refractivity contribution in [1.29, 1.82) is 0 Å². The Labute approximate surface area is 126 Å². The van der Waals surface area contributed by atoms with Gasteiger partial charge in [-0.1, -0.05) is 24.3 Å². The lowest BCUT2D eigenvalue weighted by molar-refractivity contribution is 0.206. The number of aromatic amines is 1.